The third kappa shape index (κ3) is 2.75. The monoisotopic (exact) mass is 320 g/mol. The van der Waals surface area contributed by atoms with Gasteiger partial charge in [-0.3, -0.25) is 0 Å². The minimum absolute atomic E-state index is 0.278. The van der Waals surface area contributed by atoms with Gasteiger partial charge in [-0.25, -0.2) is 9.36 Å². The van der Waals surface area contributed by atoms with E-state index in [2.05, 4.69) is 36.0 Å². The van der Waals surface area contributed by atoms with E-state index in [9.17, 15) is 4.79 Å². The summed E-state index contributed by atoms with van der Waals surface area (Å²) in [4.78, 5) is 11.9. The minimum Gasteiger partial charge on any atom is -0.423 e. The molecule has 3 heteroatoms. The molecule has 0 radical (unpaired) electrons. The Bertz CT molecular complexity index is 985. The molecule has 122 valence electrons. The largest absolute Gasteiger partial charge is 0.423 e. The predicted molar refractivity (Wildman–Crippen MR) is 94.3 cm³/mol. The molecule has 0 N–H and O–H groups in total. The van der Waals surface area contributed by atoms with Crippen LogP contribution in [0.4, 0.5) is 0 Å². The van der Waals surface area contributed by atoms with Crippen molar-refractivity contribution in [1.82, 2.24) is 0 Å². The molecular weight excluding hydrogens is 298 g/mol. The van der Waals surface area contributed by atoms with Gasteiger partial charge in [0.05, 0.1) is 0 Å². The topological polar surface area (TPSA) is 34.1 Å². The molecule has 0 aliphatic heterocycles. The summed E-state index contributed by atoms with van der Waals surface area (Å²) in [6, 6.07) is 7.95. The lowest BCUT2D eigenvalue weighted by Crippen LogP contribution is -2.35. The molecule has 3 nitrogen and oxygen atoms in total. The van der Waals surface area contributed by atoms with Gasteiger partial charge in [0.2, 0.25) is 0 Å². The molecule has 2 heterocycles. The summed E-state index contributed by atoms with van der Waals surface area (Å²) in [5.74, 6) is 0. The second kappa shape index (κ2) is 5.90. The van der Waals surface area contributed by atoms with E-state index in [1.165, 1.54) is 36.0 Å². The number of rotatable bonds is 2. The average Bonchev–Trinajstić information content (AvgIpc) is 2.56. The highest BCUT2D eigenvalue weighted by atomic mass is 16.4. The number of benzene rings is 1. The van der Waals surface area contributed by atoms with E-state index in [1.54, 1.807) is 6.07 Å². The number of aromatic nitrogens is 1. The van der Waals surface area contributed by atoms with Crippen LogP contribution in [0.25, 0.3) is 11.0 Å². The van der Waals surface area contributed by atoms with Gasteiger partial charge < -0.3 is 4.42 Å². The van der Waals surface area contributed by atoms with Crippen molar-refractivity contribution in [2.45, 2.75) is 46.1 Å². The molecule has 4 rings (SSSR count). The van der Waals surface area contributed by atoms with Crippen molar-refractivity contribution in [2.24, 2.45) is 0 Å². The molecule has 1 aliphatic carbocycles. The van der Waals surface area contributed by atoms with E-state index in [-0.39, 0.29) is 5.63 Å². The predicted octanol–water partition coefficient (Wildman–Crippen LogP) is 3.62. The summed E-state index contributed by atoms with van der Waals surface area (Å²) >= 11 is 0. The molecule has 1 aromatic carbocycles. The highest BCUT2D eigenvalue weighted by molar-refractivity contribution is 5.81. The molecule has 3 aromatic rings. The third-order valence-corrected chi connectivity index (χ3v) is 5.14. The van der Waals surface area contributed by atoms with Gasteiger partial charge in [0.1, 0.15) is 5.58 Å². The second-order valence-electron chi connectivity index (χ2n) is 6.90. The number of hydrogen-bond donors (Lipinski definition) is 0. The molecule has 0 amide bonds. The first-order valence-electron chi connectivity index (χ1n) is 8.65. The molecule has 0 unspecified atom stereocenters. The van der Waals surface area contributed by atoms with E-state index in [4.69, 9.17) is 4.42 Å². The van der Waals surface area contributed by atoms with Gasteiger partial charge in [-0.1, -0.05) is 0 Å². The molecular formula is C21H22NO2+. The SMILES string of the molecule is Cc1cc2oc(=O)cc(C[n+]3ccc4c(c3)CCCC4)c2cc1C. The zero-order valence-corrected chi connectivity index (χ0v) is 14.3. The normalized spacial score (nSPS) is 13.9. The Morgan fingerprint density at radius 2 is 1.79 bits per heavy atom. The van der Waals surface area contributed by atoms with Gasteiger partial charge >= 0.3 is 5.63 Å². The fraction of sp³-hybridized carbons (Fsp3) is 0.333. The fourth-order valence-corrected chi connectivity index (χ4v) is 3.63. The number of nitrogens with zero attached hydrogens (tertiary/aromatic N) is 1. The number of aryl methyl sites for hydroxylation is 4. The molecule has 0 spiro atoms. The first-order valence-corrected chi connectivity index (χ1v) is 8.65. The highest BCUT2D eigenvalue weighted by Crippen LogP contribution is 2.22. The van der Waals surface area contributed by atoms with Crippen LogP contribution in [0.15, 0.2) is 45.9 Å². The zero-order valence-electron chi connectivity index (χ0n) is 14.3. The van der Waals surface area contributed by atoms with Crippen LogP contribution in [-0.2, 0) is 19.4 Å². The van der Waals surface area contributed by atoms with Gasteiger partial charge in [-0.2, -0.15) is 0 Å². The summed E-state index contributed by atoms with van der Waals surface area (Å²) in [5.41, 5.74) is 6.70. The zero-order chi connectivity index (χ0) is 16.7. The summed E-state index contributed by atoms with van der Waals surface area (Å²) in [6.07, 6.45) is 9.29. The number of hydrogen-bond acceptors (Lipinski definition) is 2. The molecule has 0 fully saturated rings. The first kappa shape index (κ1) is 15.1. The van der Waals surface area contributed by atoms with Crippen molar-refractivity contribution in [1.29, 1.82) is 0 Å². The minimum atomic E-state index is -0.278. The number of pyridine rings is 1. The standard InChI is InChI=1S/C21H22NO2/c1-14-9-19-18(11-21(23)24-20(19)10-15(14)2)13-22-8-7-16-5-3-4-6-17(16)12-22/h7-12H,3-6,13H2,1-2H3/q+1. The van der Waals surface area contributed by atoms with E-state index in [0.717, 1.165) is 22.9 Å². The van der Waals surface area contributed by atoms with Gasteiger partial charge in [-0.15, -0.1) is 0 Å². The van der Waals surface area contributed by atoms with Crippen molar-refractivity contribution in [3.8, 4) is 0 Å². The lowest BCUT2D eigenvalue weighted by atomic mass is 9.93. The van der Waals surface area contributed by atoms with Crippen LogP contribution in [0.2, 0.25) is 0 Å². The maximum absolute atomic E-state index is 11.9. The smallest absolute Gasteiger partial charge is 0.336 e. The molecule has 24 heavy (non-hydrogen) atoms. The second-order valence-corrected chi connectivity index (χ2v) is 6.90. The average molecular weight is 320 g/mol. The Labute approximate surface area is 141 Å². The highest BCUT2D eigenvalue weighted by Gasteiger charge is 2.16. The number of fused-ring (bicyclic) bond motifs is 2. The van der Waals surface area contributed by atoms with E-state index < -0.39 is 0 Å². The first-order chi connectivity index (χ1) is 11.6. The van der Waals surface area contributed by atoms with Crippen molar-refractivity contribution >= 4 is 11.0 Å². The van der Waals surface area contributed by atoms with Gasteiger partial charge in [0, 0.05) is 28.6 Å². The molecule has 2 aromatic heterocycles. The van der Waals surface area contributed by atoms with E-state index >= 15 is 0 Å². The van der Waals surface area contributed by atoms with Gasteiger partial charge in [0.25, 0.3) is 0 Å². The van der Waals surface area contributed by atoms with E-state index in [0.29, 0.717) is 12.1 Å². The third-order valence-electron chi connectivity index (χ3n) is 5.14. The van der Waals surface area contributed by atoms with Crippen LogP contribution in [0.3, 0.4) is 0 Å². The van der Waals surface area contributed by atoms with E-state index in [1.807, 2.05) is 13.0 Å². The van der Waals surface area contributed by atoms with Crippen molar-refractivity contribution in [3.05, 3.63) is 74.9 Å². The quantitative estimate of drug-likeness (QED) is 0.534. The fourth-order valence-electron chi connectivity index (χ4n) is 3.63. The van der Waals surface area contributed by atoms with Crippen molar-refractivity contribution in [3.63, 3.8) is 0 Å². The Kier molecular flexibility index (Phi) is 3.72. The van der Waals surface area contributed by atoms with Crippen LogP contribution in [0, 0.1) is 13.8 Å². The maximum Gasteiger partial charge on any atom is 0.336 e. The van der Waals surface area contributed by atoms with Crippen LogP contribution in [0.5, 0.6) is 0 Å². The summed E-state index contributed by atoms with van der Waals surface area (Å²) < 4.78 is 7.59. The maximum atomic E-state index is 11.9. The van der Waals surface area contributed by atoms with Gasteiger partial charge in [0.15, 0.2) is 18.9 Å². The van der Waals surface area contributed by atoms with Crippen LogP contribution in [-0.4, -0.2) is 0 Å². The Hall–Kier alpha value is -2.42. The van der Waals surface area contributed by atoms with Crippen LogP contribution in [0.1, 0.15) is 40.7 Å². The molecule has 1 aliphatic rings. The van der Waals surface area contributed by atoms with Crippen LogP contribution < -0.4 is 10.2 Å². The molecule has 0 saturated heterocycles. The Morgan fingerprint density at radius 3 is 2.62 bits per heavy atom. The lowest BCUT2D eigenvalue weighted by Gasteiger charge is -2.13. The summed E-state index contributed by atoms with van der Waals surface area (Å²) in [6.45, 7) is 4.83. The molecule has 0 saturated carbocycles. The lowest BCUT2D eigenvalue weighted by molar-refractivity contribution is -0.688. The van der Waals surface area contributed by atoms with Crippen molar-refractivity contribution in [2.75, 3.05) is 0 Å². The summed E-state index contributed by atoms with van der Waals surface area (Å²) in [7, 11) is 0. The molecule has 0 bridgehead atoms. The molecule has 0 atom stereocenters. The van der Waals surface area contributed by atoms with Crippen LogP contribution >= 0.6 is 0 Å². The van der Waals surface area contributed by atoms with Crippen molar-refractivity contribution < 1.29 is 8.98 Å². The van der Waals surface area contributed by atoms with Gasteiger partial charge in [-0.05, 0) is 68.4 Å². The Balaban J connectivity index is 1.79. The summed E-state index contributed by atoms with van der Waals surface area (Å²) in [5, 5.41) is 1.03. The Morgan fingerprint density at radius 1 is 1.04 bits per heavy atom.